The zero-order chi connectivity index (χ0) is 20.2. The first-order valence-electron chi connectivity index (χ1n) is 10.8. The van der Waals surface area contributed by atoms with Crippen molar-refractivity contribution >= 4 is 34.6 Å². The normalized spacial score (nSPS) is 20.3. The van der Waals surface area contributed by atoms with Gasteiger partial charge in [-0.25, -0.2) is 4.98 Å². The number of amides is 2. The van der Waals surface area contributed by atoms with Crippen LogP contribution in [0, 0.1) is 5.92 Å². The predicted molar refractivity (Wildman–Crippen MR) is 116 cm³/mol. The van der Waals surface area contributed by atoms with E-state index in [4.69, 9.17) is 4.98 Å². The van der Waals surface area contributed by atoms with Crippen LogP contribution in [0.15, 0.2) is 29.4 Å². The van der Waals surface area contributed by atoms with Crippen LogP contribution in [0.4, 0.5) is 0 Å². The number of para-hydroxylation sites is 2. The number of thioether (sulfide) groups is 1. The maximum atomic E-state index is 12.7. The molecule has 0 spiro atoms. The average Bonchev–Trinajstić information content (AvgIpc) is 3.34. The topological polar surface area (TPSA) is 67.2 Å². The van der Waals surface area contributed by atoms with Crippen molar-refractivity contribution < 1.29 is 9.59 Å². The fraction of sp³-hybridized carbons (Fsp3) is 0.591. The summed E-state index contributed by atoms with van der Waals surface area (Å²) in [5, 5.41) is 3.90. The smallest absolute Gasteiger partial charge is 0.240 e. The van der Waals surface area contributed by atoms with Gasteiger partial charge in [0, 0.05) is 19.1 Å². The highest BCUT2D eigenvalue weighted by Gasteiger charge is 2.23. The van der Waals surface area contributed by atoms with E-state index in [1.165, 1.54) is 31.0 Å². The summed E-state index contributed by atoms with van der Waals surface area (Å²) in [6.45, 7) is 4.15. The number of carbonyl (C=O) groups is 2. The van der Waals surface area contributed by atoms with E-state index >= 15 is 0 Å². The number of imidazole rings is 1. The molecule has 1 atom stereocenters. The molecule has 1 aliphatic carbocycles. The SMILES string of the molecule is C[C@H]1CCCN(C(=O)CSc2nc3ccccc3n2CC(=O)NC2CCCC2)C1. The fourth-order valence-corrected chi connectivity index (χ4v) is 5.35. The number of hydrogen-bond acceptors (Lipinski definition) is 4. The quantitative estimate of drug-likeness (QED) is 0.735. The molecular formula is C22H30N4O2S. The highest BCUT2D eigenvalue weighted by atomic mass is 32.2. The van der Waals surface area contributed by atoms with E-state index in [0.29, 0.717) is 17.7 Å². The second-order valence-electron chi connectivity index (χ2n) is 8.39. The summed E-state index contributed by atoms with van der Waals surface area (Å²) in [4.78, 5) is 32.0. The molecule has 1 saturated heterocycles. The second kappa shape index (κ2) is 9.20. The molecule has 2 aromatic rings. The molecule has 2 fully saturated rings. The van der Waals surface area contributed by atoms with Gasteiger partial charge in [-0.3, -0.25) is 9.59 Å². The lowest BCUT2D eigenvalue weighted by Crippen LogP contribution is -2.40. The van der Waals surface area contributed by atoms with Crippen molar-refractivity contribution in [1.82, 2.24) is 19.8 Å². The molecule has 2 heterocycles. The van der Waals surface area contributed by atoms with Crippen LogP contribution in [0.25, 0.3) is 11.0 Å². The molecule has 4 rings (SSSR count). The van der Waals surface area contributed by atoms with Crippen LogP contribution in [0.1, 0.15) is 45.4 Å². The van der Waals surface area contributed by atoms with Crippen LogP contribution in [0.3, 0.4) is 0 Å². The number of hydrogen-bond donors (Lipinski definition) is 1. The Hall–Kier alpha value is -2.02. The Labute approximate surface area is 176 Å². The maximum Gasteiger partial charge on any atom is 0.240 e. The molecule has 1 aliphatic heterocycles. The number of benzene rings is 1. The molecule has 29 heavy (non-hydrogen) atoms. The molecule has 156 valence electrons. The van der Waals surface area contributed by atoms with Gasteiger partial charge in [0.25, 0.3) is 0 Å². The summed E-state index contributed by atoms with van der Waals surface area (Å²) >= 11 is 1.44. The fourth-order valence-electron chi connectivity index (χ4n) is 4.44. The first kappa shape index (κ1) is 20.3. The molecule has 1 N–H and O–H groups in total. The summed E-state index contributed by atoms with van der Waals surface area (Å²) in [6.07, 6.45) is 6.80. The molecule has 2 amide bonds. The standard InChI is InChI=1S/C22H30N4O2S/c1-16-7-6-12-25(13-16)21(28)15-29-22-24-18-10-4-5-11-19(18)26(22)14-20(27)23-17-8-2-3-9-17/h4-5,10-11,16-17H,2-3,6-9,12-15H2,1H3,(H,23,27)/t16-/m0/s1. The number of piperidine rings is 1. The van der Waals surface area contributed by atoms with E-state index in [1.54, 1.807) is 0 Å². The third kappa shape index (κ3) is 4.94. The van der Waals surface area contributed by atoms with Crippen LogP contribution < -0.4 is 5.32 Å². The summed E-state index contributed by atoms with van der Waals surface area (Å²) in [6, 6.07) is 8.16. The molecule has 7 heteroatoms. The van der Waals surface area contributed by atoms with Crippen molar-refractivity contribution in [2.75, 3.05) is 18.8 Å². The Bertz CT molecular complexity index is 875. The number of nitrogens with one attached hydrogen (secondary N) is 1. The van der Waals surface area contributed by atoms with E-state index in [-0.39, 0.29) is 18.4 Å². The van der Waals surface area contributed by atoms with Crippen molar-refractivity contribution in [3.8, 4) is 0 Å². The van der Waals surface area contributed by atoms with Gasteiger partial charge in [0.1, 0.15) is 6.54 Å². The van der Waals surface area contributed by atoms with Gasteiger partial charge in [0.15, 0.2) is 5.16 Å². The Morgan fingerprint density at radius 1 is 1.17 bits per heavy atom. The number of likely N-dealkylation sites (tertiary alicyclic amines) is 1. The average molecular weight is 415 g/mol. The molecular weight excluding hydrogens is 384 g/mol. The van der Waals surface area contributed by atoms with Gasteiger partial charge in [-0.1, -0.05) is 43.7 Å². The number of carbonyl (C=O) groups excluding carboxylic acids is 2. The Balaban J connectivity index is 1.45. The van der Waals surface area contributed by atoms with Crippen molar-refractivity contribution in [2.45, 2.75) is 63.2 Å². The zero-order valence-electron chi connectivity index (χ0n) is 17.1. The first-order chi connectivity index (χ1) is 14.1. The molecule has 1 aromatic carbocycles. The van der Waals surface area contributed by atoms with Crippen LogP contribution in [-0.2, 0) is 16.1 Å². The highest BCUT2D eigenvalue weighted by Crippen LogP contribution is 2.25. The molecule has 0 radical (unpaired) electrons. The van der Waals surface area contributed by atoms with Gasteiger partial charge in [0.05, 0.1) is 16.8 Å². The van der Waals surface area contributed by atoms with Gasteiger partial charge in [0.2, 0.25) is 11.8 Å². The lowest BCUT2D eigenvalue weighted by atomic mass is 10.0. The largest absolute Gasteiger partial charge is 0.352 e. The summed E-state index contributed by atoms with van der Waals surface area (Å²) in [5.41, 5.74) is 1.80. The van der Waals surface area contributed by atoms with Gasteiger partial charge < -0.3 is 14.8 Å². The minimum absolute atomic E-state index is 0.0260. The lowest BCUT2D eigenvalue weighted by Gasteiger charge is -2.30. The van der Waals surface area contributed by atoms with E-state index in [0.717, 1.165) is 48.5 Å². The van der Waals surface area contributed by atoms with E-state index in [9.17, 15) is 9.59 Å². The van der Waals surface area contributed by atoms with E-state index < -0.39 is 0 Å². The number of rotatable bonds is 6. The zero-order valence-corrected chi connectivity index (χ0v) is 17.9. The van der Waals surface area contributed by atoms with Gasteiger partial charge >= 0.3 is 0 Å². The Morgan fingerprint density at radius 2 is 1.97 bits per heavy atom. The second-order valence-corrected chi connectivity index (χ2v) is 9.34. The van der Waals surface area contributed by atoms with E-state index in [2.05, 4.69) is 12.2 Å². The van der Waals surface area contributed by atoms with Gasteiger partial charge in [-0.05, 0) is 43.7 Å². The summed E-state index contributed by atoms with van der Waals surface area (Å²) in [7, 11) is 0. The Kier molecular flexibility index (Phi) is 6.43. The molecule has 0 bridgehead atoms. The summed E-state index contributed by atoms with van der Waals surface area (Å²) < 4.78 is 1.95. The van der Waals surface area contributed by atoms with Crippen LogP contribution in [0.5, 0.6) is 0 Å². The van der Waals surface area contributed by atoms with Crippen molar-refractivity contribution in [3.05, 3.63) is 24.3 Å². The molecule has 0 unspecified atom stereocenters. The molecule has 1 aromatic heterocycles. The number of aromatic nitrogens is 2. The summed E-state index contributed by atoms with van der Waals surface area (Å²) in [5.74, 6) is 1.12. The van der Waals surface area contributed by atoms with Crippen LogP contribution in [0.2, 0.25) is 0 Å². The van der Waals surface area contributed by atoms with Crippen LogP contribution in [-0.4, -0.2) is 51.1 Å². The Morgan fingerprint density at radius 3 is 2.76 bits per heavy atom. The monoisotopic (exact) mass is 414 g/mol. The minimum Gasteiger partial charge on any atom is -0.352 e. The van der Waals surface area contributed by atoms with Crippen molar-refractivity contribution in [1.29, 1.82) is 0 Å². The third-order valence-corrected chi connectivity index (χ3v) is 6.94. The van der Waals surface area contributed by atoms with Crippen molar-refractivity contribution in [3.63, 3.8) is 0 Å². The maximum absolute atomic E-state index is 12.7. The lowest BCUT2D eigenvalue weighted by molar-refractivity contribution is -0.130. The first-order valence-corrected chi connectivity index (χ1v) is 11.7. The third-order valence-electron chi connectivity index (χ3n) is 5.98. The van der Waals surface area contributed by atoms with Crippen molar-refractivity contribution in [2.24, 2.45) is 5.92 Å². The number of fused-ring (bicyclic) bond motifs is 1. The molecule has 1 saturated carbocycles. The molecule has 2 aliphatic rings. The van der Waals surface area contributed by atoms with Gasteiger partial charge in [-0.2, -0.15) is 0 Å². The highest BCUT2D eigenvalue weighted by molar-refractivity contribution is 7.99. The van der Waals surface area contributed by atoms with Crippen LogP contribution >= 0.6 is 11.8 Å². The minimum atomic E-state index is 0.0260. The molecule has 6 nitrogen and oxygen atoms in total. The predicted octanol–water partition coefficient (Wildman–Crippen LogP) is 3.45. The van der Waals surface area contributed by atoms with E-state index in [1.807, 2.05) is 33.7 Å². The number of nitrogens with zero attached hydrogens (tertiary/aromatic N) is 3. The van der Waals surface area contributed by atoms with Gasteiger partial charge in [-0.15, -0.1) is 0 Å².